The summed E-state index contributed by atoms with van der Waals surface area (Å²) in [6, 6.07) is 0. The van der Waals surface area contributed by atoms with Crippen LogP contribution in [0.5, 0.6) is 0 Å². The second kappa shape index (κ2) is 5.33. The molecule has 0 aromatic carbocycles. The predicted octanol–water partition coefficient (Wildman–Crippen LogP) is 0.986. The molecule has 0 saturated heterocycles. The van der Waals surface area contributed by atoms with Gasteiger partial charge in [-0.3, -0.25) is 0 Å². The first kappa shape index (κ1) is 15.7. The molecule has 0 rings (SSSR count). The maximum Gasteiger partial charge on any atom is 0.389 e. The molecule has 0 saturated carbocycles. The van der Waals surface area contributed by atoms with Crippen LogP contribution in [0.25, 0.3) is 0 Å². The second-order valence-electron chi connectivity index (χ2n) is 4.23. The summed E-state index contributed by atoms with van der Waals surface area (Å²) in [6.45, 7) is 3.20. The Bertz CT molecular complexity index is 312. The van der Waals surface area contributed by atoms with E-state index >= 15 is 0 Å². The first-order valence-electron chi connectivity index (χ1n) is 4.76. The molecule has 98 valence electrons. The van der Waals surface area contributed by atoms with Crippen LogP contribution in [-0.4, -0.2) is 32.4 Å². The highest BCUT2D eigenvalue weighted by molar-refractivity contribution is 7.89. The summed E-state index contributed by atoms with van der Waals surface area (Å²) in [5.74, 6) is -0.546. The fourth-order valence-corrected chi connectivity index (χ4v) is 2.53. The minimum absolute atomic E-state index is 0.0749. The third kappa shape index (κ3) is 7.89. The van der Waals surface area contributed by atoms with Crippen molar-refractivity contribution in [2.45, 2.75) is 38.4 Å². The van der Waals surface area contributed by atoms with Gasteiger partial charge in [-0.15, -0.1) is 0 Å². The zero-order valence-electron chi connectivity index (χ0n) is 9.26. The molecule has 0 amide bonds. The Labute approximate surface area is 93.4 Å². The molecular weight excluding hydrogens is 245 g/mol. The third-order valence-corrected chi connectivity index (χ3v) is 3.51. The number of alkyl halides is 3. The van der Waals surface area contributed by atoms with Gasteiger partial charge in [0, 0.05) is 18.5 Å². The lowest BCUT2D eigenvalue weighted by molar-refractivity contribution is -0.134. The van der Waals surface area contributed by atoms with Crippen LogP contribution in [0.3, 0.4) is 0 Å². The third-order valence-electron chi connectivity index (χ3n) is 1.82. The number of rotatable bonds is 6. The van der Waals surface area contributed by atoms with Crippen molar-refractivity contribution >= 4 is 10.0 Å². The van der Waals surface area contributed by atoms with Gasteiger partial charge in [-0.2, -0.15) is 13.2 Å². The number of nitrogens with one attached hydrogen (secondary N) is 1. The zero-order valence-corrected chi connectivity index (χ0v) is 10.1. The van der Waals surface area contributed by atoms with Crippen molar-refractivity contribution in [2.24, 2.45) is 5.73 Å². The van der Waals surface area contributed by atoms with E-state index in [0.717, 1.165) is 0 Å². The average Bonchev–Trinajstić information content (AvgIpc) is 1.99. The van der Waals surface area contributed by atoms with Crippen LogP contribution in [-0.2, 0) is 10.0 Å². The predicted molar refractivity (Wildman–Crippen MR) is 55.3 cm³/mol. The van der Waals surface area contributed by atoms with Crippen molar-refractivity contribution in [2.75, 3.05) is 12.3 Å². The molecule has 0 spiro atoms. The van der Waals surface area contributed by atoms with Gasteiger partial charge in [0.05, 0.1) is 5.75 Å². The molecule has 0 aliphatic carbocycles. The molecule has 0 atom stereocenters. The summed E-state index contributed by atoms with van der Waals surface area (Å²) in [6.07, 6.45) is -5.87. The van der Waals surface area contributed by atoms with E-state index in [2.05, 4.69) is 4.72 Å². The van der Waals surface area contributed by atoms with Crippen LogP contribution >= 0.6 is 0 Å². The highest BCUT2D eigenvalue weighted by atomic mass is 32.2. The molecule has 0 aliphatic rings. The van der Waals surface area contributed by atoms with Crippen molar-refractivity contribution in [3.8, 4) is 0 Å². The lowest BCUT2D eigenvalue weighted by atomic mass is 10.1. The van der Waals surface area contributed by atoms with E-state index < -0.39 is 40.3 Å². The first-order chi connectivity index (χ1) is 6.97. The molecule has 3 N–H and O–H groups in total. The summed E-state index contributed by atoms with van der Waals surface area (Å²) in [7, 11) is -3.70. The molecule has 0 radical (unpaired) electrons. The van der Waals surface area contributed by atoms with E-state index in [9.17, 15) is 21.6 Å². The van der Waals surface area contributed by atoms with Gasteiger partial charge in [0.2, 0.25) is 10.0 Å². The Morgan fingerprint density at radius 1 is 1.25 bits per heavy atom. The standard InChI is InChI=1S/C8H17F3N2O2S/c1-7(2,6-12)13-16(14,15)5-3-4-8(9,10)11/h13H,3-6,12H2,1-2H3. The number of hydrogen-bond acceptors (Lipinski definition) is 3. The summed E-state index contributed by atoms with van der Waals surface area (Å²) < 4.78 is 60.4. The topological polar surface area (TPSA) is 72.2 Å². The Morgan fingerprint density at radius 2 is 1.75 bits per heavy atom. The highest BCUT2D eigenvalue weighted by Gasteiger charge is 2.29. The summed E-state index contributed by atoms with van der Waals surface area (Å²) in [5, 5.41) is 0. The van der Waals surface area contributed by atoms with Gasteiger partial charge in [-0.1, -0.05) is 0 Å². The molecule has 16 heavy (non-hydrogen) atoms. The Balaban J connectivity index is 4.18. The lowest BCUT2D eigenvalue weighted by Gasteiger charge is -2.23. The summed E-state index contributed by atoms with van der Waals surface area (Å²) in [4.78, 5) is 0. The van der Waals surface area contributed by atoms with Crippen LogP contribution < -0.4 is 10.5 Å². The van der Waals surface area contributed by atoms with Crippen LogP contribution in [0.2, 0.25) is 0 Å². The van der Waals surface area contributed by atoms with Gasteiger partial charge >= 0.3 is 6.18 Å². The summed E-state index contributed by atoms with van der Waals surface area (Å²) in [5.41, 5.74) is 4.47. The SMILES string of the molecule is CC(C)(CN)NS(=O)(=O)CCCC(F)(F)F. The van der Waals surface area contributed by atoms with E-state index in [4.69, 9.17) is 5.73 Å². The number of nitrogens with two attached hydrogens (primary N) is 1. The van der Waals surface area contributed by atoms with Crippen molar-refractivity contribution in [3.63, 3.8) is 0 Å². The van der Waals surface area contributed by atoms with Crippen molar-refractivity contribution in [1.82, 2.24) is 4.72 Å². The van der Waals surface area contributed by atoms with E-state index in [1.54, 1.807) is 13.8 Å². The minimum atomic E-state index is -4.32. The molecule has 8 heteroatoms. The molecule has 0 aromatic heterocycles. The first-order valence-corrected chi connectivity index (χ1v) is 6.41. The van der Waals surface area contributed by atoms with Crippen molar-refractivity contribution in [3.05, 3.63) is 0 Å². The van der Waals surface area contributed by atoms with E-state index in [1.807, 2.05) is 0 Å². The van der Waals surface area contributed by atoms with Crippen LogP contribution in [0.1, 0.15) is 26.7 Å². The van der Waals surface area contributed by atoms with Gasteiger partial charge in [-0.25, -0.2) is 13.1 Å². The maximum atomic E-state index is 11.8. The Morgan fingerprint density at radius 3 is 2.12 bits per heavy atom. The molecule has 4 nitrogen and oxygen atoms in total. The fraction of sp³-hybridized carbons (Fsp3) is 1.00. The average molecular weight is 262 g/mol. The van der Waals surface area contributed by atoms with Crippen molar-refractivity contribution < 1.29 is 21.6 Å². The monoisotopic (exact) mass is 262 g/mol. The zero-order chi connectivity index (χ0) is 13.0. The largest absolute Gasteiger partial charge is 0.389 e. The molecule has 0 aromatic rings. The van der Waals surface area contributed by atoms with E-state index in [-0.39, 0.29) is 6.54 Å². The number of sulfonamides is 1. The molecule has 0 unspecified atom stereocenters. The van der Waals surface area contributed by atoms with E-state index in [1.165, 1.54) is 0 Å². The number of hydrogen-bond donors (Lipinski definition) is 2. The molecular formula is C8H17F3N2O2S. The second-order valence-corrected chi connectivity index (χ2v) is 6.07. The Kier molecular flexibility index (Phi) is 5.21. The molecule has 0 fully saturated rings. The minimum Gasteiger partial charge on any atom is -0.329 e. The van der Waals surface area contributed by atoms with Crippen LogP contribution in [0.15, 0.2) is 0 Å². The molecule has 0 aliphatic heterocycles. The smallest absolute Gasteiger partial charge is 0.329 e. The van der Waals surface area contributed by atoms with Gasteiger partial charge < -0.3 is 5.73 Å². The lowest BCUT2D eigenvalue weighted by Crippen LogP contribution is -2.49. The normalized spacial score (nSPS) is 14.1. The van der Waals surface area contributed by atoms with Crippen LogP contribution in [0.4, 0.5) is 13.2 Å². The summed E-state index contributed by atoms with van der Waals surface area (Å²) >= 11 is 0. The van der Waals surface area contributed by atoms with Gasteiger partial charge in [0.25, 0.3) is 0 Å². The number of halogens is 3. The quantitative estimate of drug-likeness (QED) is 0.749. The van der Waals surface area contributed by atoms with E-state index in [0.29, 0.717) is 0 Å². The maximum absolute atomic E-state index is 11.8. The Hall–Kier alpha value is -0.340. The fourth-order valence-electron chi connectivity index (χ4n) is 0.976. The van der Waals surface area contributed by atoms with Gasteiger partial charge in [0.1, 0.15) is 0 Å². The van der Waals surface area contributed by atoms with Crippen molar-refractivity contribution in [1.29, 1.82) is 0 Å². The van der Waals surface area contributed by atoms with Gasteiger partial charge in [-0.05, 0) is 20.3 Å². The highest BCUT2D eigenvalue weighted by Crippen LogP contribution is 2.21. The van der Waals surface area contributed by atoms with Crippen LogP contribution in [0, 0.1) is 0 Å². The molecule has 0 heterocycles. The molecule has 0 bridgehead atoms. The van der Waals surface area contributed by atoms with Gasteiger partial charge in [0.15, 0.2) is 0 Å².